The van der Waals surface area contributed by atoms with Gasteiger partial charge in [0.25, 0.3) is 0 Å². The highest BCUT2D eigenvalue weighted by atomic mass is 32.2. The van der Waals surface area contributed by atoms with Crippen molar-refractivity contribution in [3.8, 4) is 0 Å². The molecule has 2 unspecified atom stereocenters. The fourth-order valence-electron chi connectivity index (χ4n) is 2.30. The minimum atomic E-state index is -0.856. The molecule has 2 aliphatic heterocycles. The second-order valence-electron chi connectivity index (χ2n) is 4.79. The van der Waals surface area contributed by atoms with Crippen LogP contribution in [0.1, 0.15) is 6.92 Å². The van der Waals surface area contributed by atoms with Crippen molar-refractivity contribution in [1.82, 2.24) is 9.80 Å². The van der Waals surface area contributed by atoms with Gasteiger partial charge in [0.2, 0.25) is 11.8 Å². The third kappa shape index (κ3) is 2.60. The molecule has 1 N–H and O–H groups in total. The fraction of sp³-hybridized carbons (Fsp3) is 0.727. The van der Waals surface area contributed by atoms with Crippen LogP contribution in [0.3, 0.4) is 0 Å². The highest BCUT2D eigenvalue weighted by molar-refractivity contribution is 8.00. The van der Waals surface area contributed by atoms with Gasteiger partial charge in [-0.05, 0) is 5.92 Å². The van der Waals surface area contributed by atoms with Crippen molar-refractivity contribution in [3.63, 3.8) is 0 Å². The monoisotopic (exact) mass is 272 g/mol. The Kier molecular flexibility index (Phi) is 3.79. The zero-order valence-corrected chi connectivity index (χ0v) is 11.0. The summed E-state index contributed by atoms with van der Waals surface area (Å²) in [5.74, 6) is -0.562. The third-order valence-corrected chi connectivity index (χ3v) is 4.38. The number of carbonyl (C=O) groups excluding carboxylic acids is 2. The van der Waals surface area contributed by atoms with Crippen LogP contribution >= 0.6 is 11.8 Å². The minimum Gasteiger partial charge on any atom is -0.481 e. The van der Waals surface area contributed by atoms with Gasteiger partial charge in [0, 0.05) is 13.1 Å². The van der Waals surface area contributed by atoms with Gasteiger partial charge in [-0.15, -0.1) is 11.8 Å². The molecule has 2 amide bonds. The lowest BCUT2D eigenvalue weighted by molar-refractivity contribution is -0.142. The van der Waals surface area contributed by atoms with Gasteiger partial charge in [0.15, 0.2) is 0 Å². The molecule has 2 fully saturated rings. The van der Waals surface area contributed by atoms with Crippen LogP contribution in [0, 0.1) is 11.8 Å². The highest BCUT2D eigenvalue weighted by Gasteiger charge is 2.37. The number of hydrogen-bond donors (Lipinski definition) is 1. The van der Waals surface area contributed by atoms with Crippen LogP contribution in [-0.4, -0.2) is 64.0 Å². The van der Waals surface area contributed by atoms with Gasteiger partial charge < -0.3 is 14.9 Å². The van der Waals surface area contributed by atoms with Crippen LogP contribution in [-0.2, 0) is 14.4 Å². The first-order valence-electron chi connectivity index (χ1n) is 5.85. The number of carboxylic acid groups (broad SMARTS) is 1. The number of amides is 2. The van der Waals surface area contributed by atoms with Crippen LogP contribution in [0.5, 0.6) is 0 Å². The molecule has 2 atom stereocenters. The molecule has 2 rings (SSSR count). The molecule has 100 valence electrons. The van der Waals surface area contributed by atoms with Gasteiger partial charge >= 0.3 is 5.97 Å². The second-order valence-corrected chi connectivity index (χ2v) is 5.75. The average Bonchev–Trinajstić information content (AvgIpc) is 2.86. The number of carbonyl (C=O) groups is 3. The molecule has 0 saturated carbocycles. The van der Waals surface area contributed by atoms with Gasteiger partial charge in [-0.2, -0.15) is 0 Å². The first kappa shape index (κ1) is 13.2. The van der Waals surface area contributed by atoms with E-state index in [1.807, 2.05) is 6.92 Å². The van der Waals surface area contributed by atoms with Crippen LogP contribution in [0.2, 0.25) is 0 Å². The molecule has 7 heteroatoms. The molecule has 0 radical (unpaired) electrons. The lowest BCUT2D eigenvalue weighted by Crippen LogP contribution is -2.40. The molecule has 0 aromatic heterocycles. The van der Waals surface area contributed by atoms with Crippen LogP contribution in [0.15, 0.2) is 0 Å². The Bertz CT molecular complexity index is 387. The predicted molar refractivity (Wildman–Crippen MR) is 65.9 cm³/mol. The summed E-state index contributed by atoms with van der Waals surface area (Å²) >= 11 is 1.49. The number of thioether (sulfide) groups is 1. The number of likely N-dealkylation sites (tertiary alicyclic amines) is 1. The Morgan fingerprint density at radius 2 is 2.17 bits per heavy atom. The molecule has 0 spiro atoms. The molecule has 0 aromatic carbocycles. The minimum absolute atomic E-state index is 0.0182. The van der Waals surface area contributed by atoms with E-state index >= 15 is 0 Å². The SMILES string of the molecule is CC1CN(C(=O)CN2CSCC2=O)CC1C(=O)O. The third-order valence-electron chi connectivity index (χ3n) is 3.43. The van der Waals surface area contributed by atoms with Crippen molar-refractivity contribution in [2.24, 2.45) is 11.8 Å². The van der Waals surface area contributed by atoms with Crippen molar-refractivity contribution < 1.29 is 19.5 Å². The van der Waals surface area contributed by atoms with Crippen molar-refractivity contribution in [1.29, 1.82) is 0 Å². The Labute approximate surface area is 109 Å². The first-order valence-corrected chi connectivity index (χ1v) is 7.00. The summed E-state index contributed by atoms with van der Waals surface area (Å²) in [7, 11) is 0. The second kappa shape index (κ2) is 5.17. The summed E-state index contributed by atoms with van der Waals surface area (Å²) < 4.78 is 0. The van der Waals surface area contributed by atoms with E-state index in [2.05, 4.69) is 0 Å². The van der Waals surface area contributed by atoms with E-state index in [4.69, 9.17) is 5.11 Å². The summed E-state index contributed by atoms with van der Waals surface area (Å²) in [6.07, 6.45) is 0. The smallest absolute Gasteiger partial charge is 0.308 e. The van der Waals surface area contributed by atoms with E-state index in [-0.39, 0.29) is 30.8 Å². The lowest BCUT2D eigenvalue weighted by Gasteiger charge is -2.20. The standard InChI is InChI=1S/C11H16N2O4S/c1-7-2-12(3-8(7)11(16)17)9(14)4-13-6-18-5-10(13)15/h7-8H,2-6H2,1H3,(H,16,17). The summed E-state index contributed by atoms with van der Waals surface area (Å²) in [6, 6.07) is 0. The fourth-order valence-corrected chi connectivity index (χ4v) is 3.20. The maximum atomic E-state index is 12.0. The van der Waals surface area contributed by atoms with E-state index in [1.165, 1.54) is 16.7 Å². The van der Waals surface area contributed by atoms with Gasteiger partial charge in [0.05, 0.1) is 17.5 Å². The van der Waals surface area contributed by atoms with Crippen LogP contribution in [0.25, 0.3) is 0 Å². The predicted octanol–water partition coefficient (Wildman–Crippen LogP) is -0.302. The molecule has 18 heavy (non-hydrogen) atoms. The van der Waals surface area contributed by atoms with Gasteiger partial charge in [-0.3, -0.25) is 14.4 Å². The molecular formula is C11H16N2O4S. The zero-order chi connectivity index (χ0) is 13.3. The first-order chi connectivity index (χ1) is 8.49. The topological polar surface area (TPSA) is 77.9 Å². The zero-order valence-electron chi connectivity index (χ0n) is 10.2. The Morgan fingerprint density at radius 3 is 2.67 bits per heavy atom. The number of aliphatic carboxylic acids is 1. The Hall–Kier alpha value is -1.24. The van der Waals surface area contributed by atoms with Crippen LogP contribution in [0.4, 0.5) is 0 Å². The quantitative estimate of drug-likeness (QED) is 0.763. The van der Waals surface area contributed by atoms with Crippen molar-refractivity contribution in [3.05, 3.63) is 0 Å². The number of rotatable bonds is 3. The number of nitrogens with zero attached hydrogens (tertiary/aromatic N) is 2. The summed E-state index contributed by atoms with van der Waals surface area (Å²) in [5.41, 5.74) is 0. The van der Waals surface area contributed by atoms with E-state index < -0.39 is 11.9 Å². The molecule has 2 saturated heterocycles. The van der Waals surface area contributed by atoms with Gasteiger partial charge in [0.1, 0.15) is 6.54 Å². The van der Waals surface area contributed by atoms with Gasteiger partial charge in [-0.25, -0.2) is 0 Å². The highest BCUT2D eigenvalue weighted by Crippen LogP contribution is 2.24. The molecule has 2 aliphatic rings. The normalized spacial score (nSPS) is 27.9. The number of hydrogen-bond acceptors (Lipinski definition) is 4. The van der Waals surface area contributed by atoms with E-state index in [0.29, 0.717) is 18.2 Å². The largest absolute Gasteiger partial charge is 0.481 e. The summed E-state index contributed by atoms with van der Waals surface area (Å²) in [5, 5.41) is 9.00. The number of carboxylic acids is 1. The average molecular weight is 272 g/mol. The van der Waals surface area contributed by atoms with Crippen molar-refractivity contribution in [2.45, 2.75) is 6.92 Å². The van der Waals surface area contributed by atoms with E-state index in [0.717, 1.165) is 0 Å². The Morgan fingerprint density at radius 1 is 1.44 bits per heavy atom. The van der Waals surface area contributed by atoms with Crippen molar-refractivity contribution in [2.75, 3.05) is 31.3 Å². The van der Waals surface area contributed by atoms with Gasteiger partial charge in [-0.1, -0.05) is 6.92 Å². The Balaban J connectivity index is 1.91. The van der Waals surface area contributed by atoms with Crippen molar-refractivity contribution >= 4 is 29.5 Å². The van der Waals surface area contributed by atoms with E-state index in [9.17, 15) is 14.4 Å². The lowest BCUT2D eigenvalue weighted by atomic mass is 9.99. The summed E-state index contributed by atoms with van der Waals surface area (Å²) in [6.45, 7) is 2.63. The van der Waals surface area contributed by atoms with E-state index in [1.54, 1.807) is 4.90 Å². The molecule has 6 nitrogen and oxygen atoms in total. The molecule has 0 aromatic rings. The summed E-state index contributed by atoms with van der Waals surface area (Å²) in [4.78, 5) is 37.4. The molecule has 0 aliphatic carbocycles. The maximum absolute atomic E-state index is 12.0. The molecule has 0 bridgehead atoms. The maximum Gasteiger partial charge on any atom is 0.308 e. The molecular weight excluding hydrogens is 256 g/mol. The molecule has 2 heterocycles. The van der Waals surface area contributed by atoms with Crippen LogP contribution < -0.4 is 0 Å².